The van der Waals surface area contributed by atoms with E-state index in [0.29, 0.717) is 23.8 Å². The molecule has 2 aliphatic heterocycles. The highest BCUT2D eigenvalue weighted by Crippen LogP contribution is 2.40. The van der Waals surface area contributed by atoms with E-state index in [1.165, 1.54) is 21.2 Å². The van der Waals surface area contributed by atoms with Gasteiger partial charge in [-0.3, -0.25) is 4.79 Å². The molecule has 4 amide bonds. The van der Waals surface area contributed by atoms with Crippen LogP contribution in [0.4, 0.5) is 10.5 Å². The molecule has 3 aromatic carbocycles. The molecular weight excluding hydrogens is 462 g/mol. The van der Waals surface area contributed by atoms with Gasteiger partial charge in [-0.1, -0.05) is 42.5 Å². The molecule has 0 saturated heterocycles. The van der Waals surface area contributed by atoms with Crippen LogP contribution in [0.3, 0.4) is 0 Å². The second kappa shape index (κ2) is 9.76. The molecule has 0 aromatic heterocycles. The second-order valence-electron chi connectivity index (χ2n) is 8.16. The summed E-state index contributed by atoms with van der Waals surface area (Å²) in [7, 11) is 0. The molecule has 0 fully saturated rings. The van der Waals surface area contributed by atoms with Gasteiger partial charge in [0.1, 0.15) is 18.0 Å². The topological polar surface area (TPSA) is 78.7 Å². The van der Waals surface area contributed by atoms with E-state index in [1.807, 2.05) is 61.5 Å². The van der Waals surface area contributed by atoms with Crippen molar-refractivity contribution in [2.45, 2.75) is 23.6 Å². The molecular formula is C27H24N3O4S+. The minimum atomic E-state index is -0.577. The quantitative estimate of drug-likeness (QED) is 0.508. The number of fused-ring (bicyclic) bond motifs is 3. The monoisotopic (exact) mass is 486 g/mol. The van der Waals surface area contributed by atoms with Crippen molar-refractivity contribution in [3.05, 3.63) is 90.0 Å². The highest BCUT2D eigenvalue weighted by atomic mass is 32.2. The Balaban J connectivity index is 1.45. The van der Waals surface area contributed by atoms with Crippen LogP contribution in [0.25, 0.3) is 0 Å². The minimum Gasteiger partial charge on any atom is -0.494 e. The minimum absolute atomic E-state index is 0.149. The van der Waals surface area contributed by atoms with Crippen LogP contribution in [-0.4, -0.2) is 51.4 Å². The third kappa shape index (κ3) is 4.57. The van der Waals surface area contributed by atoms with E-state index in [0.717, 1.165) is 16.0 Å². The average molecular weight is 487 g/mol. The first-order valence-electron chi connectivity index (χ1n) is 11.4. The third-order valence-electron chi connectivity index (χ3n) is 5.83. The van der Waals surface area contributed by atoms with Gasteiger partial charge in [-0.25, -0.2) is 4.79 Å². The van der Waals surface area contributed by atoms with Crippen molar-refractivity contribution >= 4 is 41.0 Å². The Kier molecular flexibility index (Phi) is 6.37. The highest BCUT2D eigenvalue weighted by molar-refractivity contribution is 8.02. The van der Waals surface area contributed by atoms with Crippen molar-refractivity contribution in [1.82, 2.24) is 4.90 Å². The van der Waals surface area contributed by atoms with Crippen molar-refractivity contribution < 1.29 is 23.7 Å². The predicted octanol–water partition coefficient (Wildman–Crippen LogP) is 4.16. The molecule has 3 aromatic rings. The Morgan fingerprint density at radius 1 is 1.00 bits per heavy atom. The van der Waals surface area contributed by atoms with E-state index in [9.17, 15) is 14.4 Å². The largest absolute Gasteiger partial charge is 0.501 e. The summed E-state index contributed by atoms with van der Waals surface area (Å²) in [4.78, 5) is 42.2. The molecule has 1 N–H and O–H groups in total. The van der Waals surface area contributed by atoms with Crippen LogP contribution >= 0.6 is 11.8 Å². The molecule has 35 heavy (non-hydrogen) atoms. The van der Waals surface area contributed by atoms with E-state index >= 15 is 0 Å². The van der Waals surface area contributed by atoms with E-state index in [4.69, 9.17) is 4.74 Å². The van der Waals surface area contributed by atoms with Crippen molar-refractivity contribution in [3.8, 4) is 5.75 Å². The molecule has 7 nitrogen and oxygen atoms in total. The number of carbonyl (C=O) groups is 3. The van der Waals surface area contributed by atoms with Crippen molar-refractivity contribution in [3.63, 3.8) is 0 Å². The van der Waals surface area contributed by atoms with Gasteiger partial charge in [-0.15, -0.1) is 11.8 Å². The summed E-state index contributed by atoms with van der Waals surface area (Å²) in [5.74, 6) is 0.0973. The number of rotatable bonds is 7. The van der Waals surface area contributed by atoms with Crippen molar-refractivity contribution in [2.75, 3.05) is 18.5 Å². The number of imide groups is 1. The number of thioether (sulfide) groups is 1. The first kappa shape index (κ1) is 22.9. The molecule has 0 radical (unpaired) electrons. The zero-order chi connectivity index (χ0) is 24.4. The Morgan fingerprint density at radius 3 is 2.46 bits per heavy atom. The summed E-state index contributed by atoms with van der Waals surface area (Å²) in [5, 5.41) is 2.27. The Hall–Kier alpha value is -3.91. The van der Waals surface area contributed by atoms with Crippen LogP contribution in [0.5, 0.6) is 5.75 Å². The number of benzene rings is 3. The summed E-state index contributed by atoms with van der Waals surface area (Å²) in [6.07, 6.45) is 0. The molecule has 8 heteroatoms. The van der Waals surface area contributed by atoms with Gasteiger partial charge in [0, 0.05) is 16.1 Å². The molecule has 5 rings (SSSR count). The maximum absolute atomic E-state index is 13.6. The maximum atomic E-state index is 13.6. The first-order valence-corrected chi connectivity index (χ1v) is 12.3. The lowest BCUT2D eigenvalue weighted by Crippen LogP contribution is -2.56. The number of hydrogen-bond donors (Lipinski definition) is 1. The highest BCUT2D eigenvalue weighted by Gasteiger charge is 2.52. The van der Waals surface area contributed by atoms with E-state index < -0.39 is 11.3 Å². The summed E-state index contributed by atoms with van der Waals surface area (Å²) >= 11 is 1.42. The molecule has 1 unspecified atom stereocenters. The Morgan fingerprint density at radius 2 is 1.71 bits per heavy atom. The second-order valence-corrected chi connectivity index (χ2v) is 9.31. The predicted molar refractivity (Wildman–Crippen MR) is 134 cm³/mol. The molecule has 0 spiro atoms. The van der Waals surface area contributed by atoms with Gasteiger partial charge in [-0.2, -0.15) is 14.3 Å². The zero-order valence-corrected chi connectivity index (χ0v) is 20.0. The molecule has 0 aliphatic carbocycles. The number of hydrogen-bond acceptors (Lipinski definition) is 5. The van der Waals surface area contributed by atoms with Crippen LogP contribution in [0.2, 0.25) is 0 Å². The zero-order valence-electron chi connectivity index (χ0n) is 19.1. The van der Waals surface area contributed by atoms with Gasteiger partial charge < -0.3 is 10.1 Å². The number of anilines is 1. The van der Waals surface area contributed by atoms with Gasteiger partial charge in [0.15, 0.2) is 11.8 Å². The van der Waals surface area contributed by atoms with E-state index in [1.54, 1.807) is 24.3 Å². The lowest BCUT2D eigenvalue weighted by atomic mass is 10.0. The van der Waals surface area contributed by atoms with Gasteiger partial charge >= 0.3 is 11.9 Å². The Labute approximate surface area is 207 Å². The standard InChI is InChI=1S/C27H23N3O4S/c1-2-34-20-14-12-19(13-15-20)28-23(31)17-29-24-21-10-6-7-11-22(21)35-25(24)26(32)30(27(29)33)16-18-8-4-3-5-9-18/h3-15,25H,2,16-17H2,1H3/p+1. The number of carbonyl (C=O) groups excluding carboxylic acids is 3. The fourth-order valence-electron chi connectivity index (χ4n) is 4.25. The Bertz CT molecular complexity index is 1320. The molecule has 2 heterocycles. The first-order chi connectivity index (χ1) is 17.0. The average Bonchev–Trinajstić information content (AvgIpc) is 3.26. The lowest BCUT2D eigenvalue weighted by Gasteiger charge is -2.24. The normalized spacial score (nSPS) is 16.7. The van der Waals surface area contributed by atoms with Gasteiger partial charge in [0.25, 0.3) is 5.91 Å². The SMILES string of the molecule is CCOc1ccc(NC(=O)C[N+]2=C3c4ccccc4SC3C(=O)N(Cc3ccccc3)C2=O)cc1. The summed E-state index contributed by atoms with van der Waals surface area (Å²) < 4.78 is 6.89. The summed E-state index contributed by atoms with van der Waals surface area (Å²) in [6, 6.07) is 23.5. The molecule has 1 atom stereocenters. The van der Waals surface area contributed by atoms with Gasteiger partial charge in [0.05, 0.1) is 6.61 Å². The third-order valence-corrected chi connectivity index (χ3v) is 7.10. The van der Waals surface area contributed by atoms with E-state index in [-0.39, 0.29) is 24.9 Å². The summed E-state index contributed by atoms with van der Waals surface area (Å²) in [5.41, 5.74) is 2.84. The van der Waals surface area contributed by atoms with Crippen LogP contribution < -0.4 is 10.1 Å². The number of nitrogens with one attached hydrogen (secondary N) is 1. The fourth-order valence-corrected chi connectivity index (χ4v) is 5.56. The molecule has 2 aliphatic rings. The van der Waals surface area contributed by atoms with Gasteiger partial charge in [-0.05, 0) is 48.9 Å². The van der Waals surface area contributed by atoms with Crippen LogP contribution in [0.1, 0.15) is 18.1 Å². The van der Waals surface area contributed by atoms with Crippen molar-refractivity contribution in [2.24, 2.45) is 0 Å². The summed E-state index contributed by atoms with van der Waals surface area (Å²) in [6.45, 7) is 2.41. The molecule has 0 bridgehead atoms. The van der Waals surface area contributed by atoms with E-state index in [2.05, 4.69) is 5.32 Å². The number of amides is 4. The van der Waals surface area contributed by atoms with Crippen LogP contribution in [-0.2, 0) is 16.1 Å². The lowest BCUT2D eigenvalue weighted by molar-refractivity contribution is -0.426. The van der Waals surface area contributed by atoms with Crippen molar-refractivity contribution in [1.29, 1.82) is 0 Å². The number of urea groups is 1. The van der Waals surface area contributed by atoms with Crippen LogP contribution in [0.15, 0.2) is 83.8 Å². The molecule has 0 saturated carbocycles. The number of nitrogens with zero attached hydrogens (tertiary/aromatic N) is 2. The maximum Gasteiger partial charge on any atom is 0.501 e. The smallest absolute Gasteiger partial charge is 0.494 e. The van der Waals surface area contributed by atoms with Crippen LogP contribution in [0, 0.1) is 0 Å². The molecule has 176 valence electrons. The number of ether oxygens (including phenoxy) is 1. The van der Waals surface area contributed by atoms with Gasteiger partial charge in [0.2, 0.25) is 0 Å². The fraction of sp³-hybridized carbons (Fsp3) is 0.185.